The maximum absolute atomic E-state index is 5.45. The first-order valence-electron chi connectivity index (χ1n) is 4.21. The molecule has 0 aliphatic carbocycles. The molecular weight excluding hydrogens is 196 g/mol. The van der Waals surface area contributed by atoms with E-state index in [0.717, 1.165) is 0 Å². The highest BCUT2D eigenvalue weighted by atomic mass is 16.3. The lowest BCUT2D eigenvalue weighted by molar-refractivity contribution is 0.567. The van der Waals surface area contributed by atoms with Crippen molar-refractivity contribution < 1.29 is 4.42 Å². The first kappa shape index (κ1) is 9.25. The summed E-state index contributed by atoms with van der Waals surface area (Å²) in [7, 11) is 1.74. The second-order valence-electron chi connectivity index (χ2n) is 2.86. The molecule has 0 saturated heterocycles. The summed E-state index contributed by atoms with van der Waals surface area (Å²) < 4.78 is 5.17. The number of aromatic nitrogens is 3. The maximum Gasteiger partial charge on any atom is 0.238 e. The second kappa shape index (κ2) is 3.45. The molecule has 15 heavy (non-hydrogen) atoms. The zero-order chi connectivity index (χ0) is 10.8. The molecule has 0 amide bonds. The fourth-order valence-corrected chi connectivity index (χ4v) is 1.11. The van der Waals surface area contributed by atoms with E-state index >= 15 is 0 Å². The fourth-order valence-electron chi connectivity index (χ4n) is 1.11. The summed E-state index contributed by atoms with van der Waals surface area (Å²) >= 11 is 0. The van der Waals surface area contributed by atoms with Gasteiger partial charge in [-0.25, -0.2) is 0 Å². The van der Waals surface area contributed by atoms with Crippen LogP contribution in [-0.2, 0) is 0 Å². The highest BCUT2D eigenvalue weighted by molar-refractivity contribution is 5.51. The number of nitrogens with zero attached hydrogens (tertiary/aromatic N) is 4. The van der Waals surface area contributed by atoms with Gasteiger partial charge in [0, 0.05) is 13.1 Å². The van der Waals surface area contributed by atoms with Crippen LogP contribution in [0.15, 0.2) is 22.8 Å². The Bertz CT molecular complexity index is 434. The van der Waals surface area contributed by atoms with E-state index in [-0.39, 0.29) is 11.9 Å². The minimum Gasteiger partial charge on any atom is -0.448 e. The number of hydrogen-bond acceptors (Lipinski definition) is 7. The molecule has 7 heteroatoms. The summed E-state index contributed by atoms with van der Waals surface area (Å²) in [4.78, 5) is 13.2. The number of hydrogen-bond donors (Lipinski definition) is 2. The van der Waals surface area contributed by atoms with Crippen LogP contribution in [0.5, 0.6) is 0 Å². The van der Waals surface area contributed by atoms with Crippen molar-refractivity contribution >= 4 is 23.7 Å². The second-order valence-corrected chi connectivity index (χ2v) is 2.86. The molecule has 0 saturated carbocycles. The number of nitrogens with two attached hydrogens (primary N) is 2. The Morgan fingerprint density at radius 3 is 2.40 bits per heavy atom. The molecule has 0 fully saturated rings. The molecule has 0 spiro atoms. The van der Waals surface area contributed by atoms with Gasteiger partial charge in [0.2, 0.25) is 23.7 Å². The van der Waals surface area contributed by atoms with Crippen molar-refractivity contribution in [2.45, 2.75) is 0 Å². The van der Waals surface area contributed by atoms with Gasteiger partial charge in [-0.1, -0.05) is 0 Å². The standard InChI is InChI=1S/C8H10N6O/c1-14(5-3-2-4-15-5)8-12-6(9)11-7(10)13-8/h2-4H,1H3,(H4,9,10,11,12,13). The van der Waals surface area contributed by atoms with Gasteiger partial charge >= 0.3 is 0 Å². The zero-order valence-corrected chi connectivity index (χ0v) is 8.08. The summed E-state index contributed by atoms with van der Waals surface area (Å²) in [5.41, 5.74) is 10.9. The van der Waals surface area contributed by atoms with Crippen molar-refractivity contribution in [3.05, 3.63) is 18.4 Å². The Labute approximate surface area is 85.7 Å². The molecule has 2 heterocycles. The van der Waals surface area contributed by atoms with Gasteiger partial charge in [-0.05, 0) is 6.07 Å². The van der Waals surface area contributed by atoms with Gasteiger partial charge in [-0.2, -0.15) is 15.0 Å². The number of rotatable bonds is 2. The highest BCUT2D eigenvalue weighted by Gasteiger charge is 2.11. The molecule has 0 aliphatic rings. The normalized spacial score (nSPS) is 10.2. The van der Waals surface area contributed by atoms with Crippen molar-refractivity contribution in [2.24, 2.45) is 0 Å². The molecule has 4 N–H and O–H groups in total. The van der Waals surface area contributed by atoms with Crippen LogP contribution in [0, 0.1) is 0 Å². The molecule has 78 valence electrons. The molecule has 2 rings (SSSR count). The van der Waals surface area contributed by atoms with Gasteiger partial charge in [-0.3, -0.25) is 4.90 Å². The van der Waals surface area contributed by atoms with Crippen molar-refractivity contribution in [1.82, 2.24) is 15.0 Å². The first-order chi connectivity index (χ1) is 7.16. The average Bonchev–Trinajstić information content (AvgIpc) is 2.67. The van der Waals surface area contributed by atoms with E-state index in [1.54, 1.807) is 30.3 Å². The predicted octanol–water partition coefficient (Wildman–Crippen LogP) is 0.397. The Balaban J connectivity index is 2.37. The van der Waals surface area contributed by atoms with E-state index in [0.29, 0.717) is 11.8 Å². The van der Waals surface area contributed by atoms with Gasteiger partial charge in [0.05, 0.1) is 6.26 Å². The lowest BCUT2D eigenvalue weighted by Gasteiger charge is -2.13. The molecule has 2 aromatic rings. The lowest BCUT2D eigenvalue weighted by Crippen LogP contribution is -2.15. The molecule has 0 aliphatic heterocycles. The largest absolute Gasteiger partial charge is 0.448 e. The summed E-state index contributed by atoms with van der Waals surface area (Å²) in [6.45, 7) is 0. The maximum atomic E-state index is 5.45. The van der Waals surface area contributed by atoms with E-state index in [4.69, 9.17) is 15.9 Å². The van der Waals surface area contributed by atoms with Gasteiger partial charge in [0.1, 0.15) is 0 Å². The molecule has 7 nitrogen and oxygen atoms in total. The number of nitrogen functional groups attached to an aromatic ring is 2. The summed E-state index contributed by atoms with van der Waals surface area (Å²) in [6.07, 6.45) is 1.56. The number of furan rings is 1. The quantitative estimate of drug-likeness (QED) is 0.732. The Kier molecular flexibility index (Phi) is 2.13. The third kappa shape index (κ3) is 1.80. The van der Waals surface area contributed by atoms with E-state index in [1.807, 2.05) is 0 Å². The Hall–Kier alpha value is -2.31. The van der Waals surface area contributed by atoms with Crippen LogP contribution in [-0.4, -0.2) is 22.0 Å². The van der Waals surface area contributed by atoms with Gasteiger partial charge in [-0.15, -0.1) is 0 Å². The molecule has 2 aromatic heterocycles. The first-order valence-corrected chi connectivity index (χ1v) is 4.21. The SMILES string of the molecule is CN(c1nc(N)nc(N)n1)c1ccco1. The minimum absolute atomic E-state index is 0.0795. The van der Waals surface area contributed by atoms with Crippen LogP contribution < -0.4 is 16.4 Å². The summed E-state index contributed by atoms with van der Waals surface area (Å²) in [6, 6.07) is 3.54. The van der Waals surface area contributed by atoms with Gasteiger partial charge in [0.15, 0.2) is 0 Å². The van der Waals surface area contributed by atoms with E-state index < -0.39 is 0 Å². The minimum atomic E-state index is 0.0795. The van der Waals surface area contributed by atoms with Crippen molar-refractivity contribution in [1.29, 1.82) is 0 Å². The van der Waals surface area contributed by atoms with E-state index in [1.165, 1.54) is 0 Å². The van der Waals surface area contributed by atoms with Crippen LogP contribution in [0.1, 0.15) is 0 Å². The predicted molar refractivity (Wildman–Crippen MR) is 55.4 cm³/mol. The van der Waals surface area contributed by atoms with Gasteiger partial charge < -0.3 is 15.9 Å². The van der Waals surface area contributed by atoms with Crippen LogP contribution in [0.4, 0.5) is 23.7 Å². The molecule has 0 bridgehead atoms. The number of anilines is 4. The van der Waals surface area contributed by atoms with Crippen molar-refractivity contribution in [2.75, 3.05) is 23.4 Å². The van der Waals surface area contributed by atoms with Crippen LogP contribution in [0.25, 0.3) is 0 Å². The van der Waals surface area contributed by atoms with Crippen molar-refractivity contribution in [3.8, 4) is 0 Å². The molecule has 0 aromatic carbocycles. The fraction of sp³-hybridized carbons (Fsp3) is 0.125. The Morgan fingerprint density at radius 2 is 1.87 bits per heavy atom. The smallest absolute Gasteiger partial charge is 0.238 e. The summed E-state index contributed by atoms with van der Waals surface area (Å²) in [5, 5.41) is 0. The topological polar surface area (TPSA) is 107 Å². The third-order valence-corrected chi connectivity index (χ3v) is 1.79. The molecule has 0 unspecified atom stereocenters. The third-order valence-electron chi connectivity index (χ3n) is 1.79. The van der Waals surface area contributed by atoms with E-state index in [2.05, 4.69) is 15.0 Å². The monoisotopic (exact) mass is 206 g/mol. The lowest BCUT2D eigenvalue weighted by atomic mass is 10.6. The average molecular weight is 206 g/mol. The van der Waals surface area contributed by atoms with Crippen molar-refractivity contribution in [3.63, 3.8) is 0 Å². The zero-order valence-electron chi connectivity index (χ0n) is 8.08. The van der Waals surface area contributed by atoms with Crippen LogP contribution in [0.2, 0.25) is 0 Å². The Morgan fingerprint density at radius 1 is 1.20 bits per heavy atom. The van der Waals surface area contributed by atoms with Gasteiger partial charge in [0.25, 0.3) is 0 Å². The molecule has 0 radical (unpaired) electrons. The molecular formula is C8H10N6O. The van der Waals surface area contributed by atoms with Crippen LogP contribution in [0.3, 0.4) is 0 Å². The molecule has 0 atom stereocenters. The highest BCUT2D eigenvalue weighted by Crippen LogP contribution is 2.20. The van der Waals surface area contributed by atoms with E-state index in [9.17, 15) is 0 Å². The van der Waals surface area contributed by atoms with Crippen LogP contribution >= 0.6 is 0 Å². The summed E-state index contributed by atoms with van der Waals surface area (Å²) in [5.74, 6) is 1.10.